The summed E-state index contributed by atoms with van der Waals surface area (Å²) in [5, 5.41) is 0.809. The lowest BCUT2D eigenvalue weighted by Crippen LogP contribution is -1.85. The number of hydrogen-bond donors (Lipinski definition) is 0. The van der Waals surface area contributed by atoms with Crippen LogP contribution in [-0.2, 0) is 0 Å². The molecule has 0 unspecified atom stereocenters. The predicted octanol–water partition coefficient (Wildman–Crippen LogP) is 3.28. The summed E-state index contributed by atoms with van der Waals surface area (Å²) in [5.74, 6) is -1.17. The van der Waals surface area contributed by atoms with E-state index in [9.17, 15) is 8.78 Å². The topological polar surface area (TPSA) is 12.9 Å². The maximum absolute atomic E-state index is 13.1. The molecule has 1 heterocycles. The summed E-state index contributed by atoms with van der Waals surface area (Å²) in [6.45, 7) is 0. The van der Waals surface area contributed by atoms with Crippen LogP contribution >= 0.6 is 15.9 Å². The van der Waals surface area contributed by atoms with Gasteiger partial charge < -0.3 is 0 Å². The molecule has 0 aliphatic rings. The van der Waals surface area contributed by atoms with Gasteiger partial charge in [-0.25, -0.2) is 13.8 Å². The van der Waals surface area contributed by atoms with Crippen molar-refractivity contribution in [2.24, 2.45) is 0 Å². The van der Waals surface area contributed by atoms with Crippen LogP contribution in [0.1, 0.15) is 0 Å². The Labute approximate surface area is 81.5 Å². The molecular formula is C9H4BrF2N. The van der Waals surface area contributed by atoms with Gasteiger partial charge in [-0.3, -0.25) is 0 Å². The first-order valence-corrected chi connectivity index (χ1v) is 4.37. The van der Waals surface area contributed by atoms with Crippen LogP contribution < -0.4 is 0 Å². The molecule has 0 spiro atoms. The number of hydrogen-bond acceptors (Lipinski definition) is 1. The quantitative estimate of drug-likeness (QED) is 0.648. The van der Waals surface area contributed by atoms with Crippen molar-refractivity contribution in [1.82, 2.24) is 4.98 Å². The van der Waals surface area contributed by atoms with Crippen LogP contribution in [0.15, 0.2) is 29.0 Å². The second-order valence-corrected chi connectivity index (χ2v) is 3.34. The zero-order valence-corrected chi connectivity index (χ0v) is 7.98. The molecule has 0 atom stereocenters. The maximum Gasteiger partial charge on any atom is 0.134 e. The molecular weight excluding hydrogens is 240 g/mol. The molecule has 0 N–H and O–H groups in total. The van der Waals surface area contributed by atoms with E-state index in [-0.39, 0.29) is 0 Å². The molecule has 2 aromatic rings. The summed E-state index contributed by atoms with van der Waals surface area (Å²) >= 11 is 3.12. The molecule has 1 aromatic carbocycles. The molecule has 1 nitrogen and oxygen atoms in total. The Bertz CT molecular complexity index is 470. The molecule has 0 aliphatic carbocycles. The zero-order chi connectivity index (χ0) is 9.42. The smallest absolute Gasteiger partial charge is 0.134 e. The van der Waals surface area contributed by atoms with E-state index in [0.717, 1.165) is 6.07 Å². The van der Waals surface area contributed by atoms with E-state index in [2.05, 4.69) is 20.9 Å². The zero-order valence-electron chi connectivity index (χ0n) is 6.39. The SMILES string of the molecule is Fc1cc(F)c2ccnc(Br)c2c1. The van der Waals surface area contributed by atoms with E-state index in [4.69, 9.17) is 0 Å². The van der Waals surface area contributed by atoms with Gasteiger partial charge in [0.2, 0.25) is 0 Å². The fraction of sp³-hybridized carbons (Fsp3) is 0. The standard InChI is InChI=1S/C9H4BrF2N/c10-9-7-3-5(11)4-8(12)6(7)1-2-13-9/h1-4H. The summed E-state index contributed by atoms with van der Waals surface area (Å²) in [6.07, 6.45) is 1.47. The van der Waals surface area contributed by atoms with Crippen LogP contribution in [0.3, 0.4) is 0 Å². The summed E-state index contributed by atoms with van der Waals surface area (Å²) in [6, 6.07) is 3.61. The van der Waals surface area contributed by atoms with Gasteiger partial charge in [-0.15, -0.1) is 0 Å². The molecule has 13 heavy (non-hydrogen) atoms. The van der Waals surface area contributed by atoms with Crippen molar-refractivity contribution in [3.63, 3.8) is 0 Å². The van der Waals surface area contributed by atoms with E-state index in [1.807, 2.05) is 0 Å². The average Bonchev–Trinajstić information content (AvgIpc) is 2.07. The number of pyridine rings is 1. The second-order valence-electron chi connectivity index (χ2n) is 2.58. The monoisotopic (exact) mass is 243 g/mol. The van der Waals surface area contributed by atoms with Gasteiger partial charge in [0, 0.05) is 23.0 Å². The van der Waals surface area contributed by atoms with E-state index in [1.165, 1.54) is 18.3 Å². The molecule has 0 amide bonds. The molecule has 4 heteroatoms. The Morgan fingerprint density at radius 1 is 1.15 bits per heavy atom. The van der Waals surface area contributed by atoms with Gasteiger partial charge in [-0.05, 0) is 28.1 Å². The third-order valence-electron chi connectivity index (χ3n) is 1.75. The highest BCUT2D eigenvalue weighted by atomic mass is 79.9. The highest BCUT2D eigenvalue weighted by Gasteiger charge is 2.06. The van der Waals surface area contributed by atoms with Gasteiger partial charge in [-0.1, -0.05) is 0 Å². The minimum absolute atomic E-state index is 0.364. The molecule has 0 aliphatic heterocycles. The first-order chi connectivity index (χ1) is 6.18. The molecule has 1 aromatic heterocycles. The van der Waals surface area contributed by atoms with Gasteiger partial charge in [-0.2, -0.15) is 0 Å². The van der Waals surface area contributed by atoms with Crippen LogP contribution in [0.4, 0.5) is 8.78 Å². The number of fused-ring (bicyclic) bond motifs is 1. The number of aromatic nitrogens is 1. The van der Waals surface area contributed by atoms with E-state index in [0.29, 0.717) is 15.4 Å². The molecule has 0 bridgehead atoms. The Morgan fingerprint density at radius 2 is 1.92 bits per heavy atom. The fourth-order valence-electron chi connectivity index (χ4n) is 1.17. The van der Waals surface area contributed by atoms with Gasteiger partial charge in [0.15, 0.2) is 0 Å². The molecule has 0 saturated heterocycles. The first kappa shape index (κ1) is 8.56. The lowest BCUT2D eigenvalue weighted by atomic mass is 10.2. The fourth-order valence-corrected chi connectivity index (χ4v) is 1.62. The Balaban J connectivity index is 2.94. The summed E-state index contributed by atoms with van der Waals surface area (Å²) in [4.78, 5) is 3.87. The van der Waals surface area contributed by atoms with Gasteiger partial charge in [0.1, 0.15) is 16.2 Å². The van der Waals surface area contributed by atoms with Crippen molar-refractivity contribution < 1.29 is 8.78 Å². The van der Waals surface area contributed by atoms with Gasteiger partial charge in [0.05, 0.1) is 0 Å². The van der Waals surface area contributed by atoms with Crippen LogP contribution in [-0.4, -0.2) is 4.98 Å². The predicted molar refractivity (Wildman–Crippen MR) is 49.4 cm³/mol. The first-order valence-electron chi connectivity index (χ1n) is 3.58. The normalized spacial score (nSPS) is 10.7. The van der Waals surface area contributed by atoms with E-state index < -0.39 is 11.6 Å². The van der Waals surface area contributed by atoms with Crippen molar-refractivity contribution in [2.45, 2.75) is 0 Å². The second kappa shape index (κ2) is 3.03. The molecule has 0 radical (unpaired) electrons. The molecule has 0 saturated carbocycles. The van der Waals surface area contributed by atoms with Crippen LogP contribution in [0, 0.1) is 11.6 Å². The summed E-state index contributed by atoms with van der Waals surface area (Å²) < 4.78 is 26.4. The summed E-state index contributed by atoms with van der Waals surface area (Å²) in [5.41, 5.74) is 0. The number of rotatable bonds is 0. The van der Waals surface area contributed by atoms with Crippen LogP contribution in [0.2, 0.25) is 0 Å². The summed E-state index contributed by atoms with van der Waals surface area (Å²) in [7, 11) is 0. The largest absolute Gasteiger partial charge is 0.249 e. The molecule has 2 rings (SSSR count). The van der Waals surface area contributed by atoms with Gasteiger partial charge in [0.25, 0.3) is 0 Å². The van der Waals surface area contributed by atoms with Crippen molar-refractivity contribution in [1.29, 1.82) is 0 Å². The maximum atomic E-state index is 13.1. The highest BCUT2D eigenvalue weighted by molar-refractivity contribution is 9.10. The van der Waals surface area contributed by atoms with Crippen LogP contribution in [0.25, 0.3) is 10.8 Å². The molecule has 0 fully saturated rings. The van der Waals surface area contributed by atoms with Gasteiger partial charge >= 0.3 is 0 Å². The minimum Gasteiger partial charge on any atom is -0.249 e. The third-order valence-corrected chi connectivity index (χ3v) is 2.38. The van der Waals surface area contributed by atoms with Crippen molar-refractivity contribution in [2.75, 3.05) is 0 Å². The Morgan fingerprint density at radius 3 is 2.69 bits per heavy atom. The Kier molecular flexibility index (Phi) is 2.00. The number of halogens is 3. The Hall–Kier alpha value is -1.03. The minimum atomic E-state index is -0.598. The van der Waals surface area contributed by atoms with Crippen molar-refractivity contribution in [3.8, 4) is 0 Å². The lowest BCUT2D eigenvalue weighted by Gasteiger charge is -2.00. The molecule has 66 valence electrons. The van der Waals surface area contributed by atoms with Crippen LogP contribution in [0.5, 0.6) is 0 Å². The third kappa shape index (κ3) is 1.42. The van der Waals surface area contributed by atoms with Crippen molar-refractivity contribution >= 4 is 26.7 Å². The van der Waals surface area contributed by atoms with Crippen molar-refractivity contribution in [3.05, 3.63) is 40.6 Å². The highest BCUT2D eigenvalue weighted by Crippen LogP contribution is 2.24. The van der Waals surface area contributed by atoms with E-state index in [1.54, 1.807) is 0 Å². The number of nitrogens with zero attached hydrogens (tertiary/aromatic N) is 1. The average molecular weight is 244 g/mol. The van der Waals surface area contributed by atoms with E-state index >= 15 is 0 Å². The lowest BCUT2D eigenvalue weighted by molar-refractivity contribution is 0.592. The number of benzene rings is 1.